The van der Waals surface area contributed by atoms with Crippen LogP contribution in [0.3, 0.4) is 0 Å². The number of pyridine rings is 1. The molecule has 0 atom stereocenters. The van der Waals surface area contributed by atoms with Crippen LogP contribution in [0, 0.1) is 0 Å². The highest BCUT2D eigenvalue weighted by Gasteiger charge is 2.21. The molecular weight excluding hydrogens is 735 g/mol. The normalized spacial score (nSPS) is 11.0. The molecule has 0 saturated heterocycles. The van der Waals surface area contributed by atoms with Crippen molar-refractivity contribution >= 4 is 0 Å². The van der Waals surface area contributed by atoms with Gasteiger partial charge in [-0.1, -0.05) is 188 Å². The number of benzene rings is 7. The van der Waals surface area contributed by atoms with Crippen LogP contribution in [0.4, 0.5) is 0 Å². The van der Waals surface area contributed by atoms with Crippen LogP contribution in [0.5, 0.6) is 0 Å². The maximum absolute atomic E-state index is 5.15. The number of aromatic nitrogens is 7. The van der Waals surface area contributed by atoms with Crippen molar-refractivity contribution in [3.63, 3.8) is 0 Å². The molecule has 0 N–H and O–H groups in total. The Morgan fingerprint density at radius 1 is 0.217 bits per heavy atom. The van der Waals surface area contributed by atoms with Crippen molar-refractivity contribution in [2.24, 2.45) is 0 Å². The summed E-state index contributed by atoms with van der Waals surface area (Å²) in [5, 5.41) is 0. The lowest BCUT2D eigenvalue weighted by Crippen LogP contribution is -2.02. The number of rotatable bonds is 9. The van der Waals surface area contributed by atoms with Gasteiger partial charge in [-0.25, -0.2) is 29.9 Å². The standard InChI is InChI=1S/C53H35N7/c1-5-18-36(19-6-1)48-55-49(37-20-7-2-8-21-37)58-52(57-48)45-29-15-13-27-42(45)44-32-31-40(41-26-17-33-54-35-41)34-47(44)43-28-14-16-30-46(43)53-59-50(38-22-9-3-10-23-38)56-51(60-53)39-24-11-4-12-25-39/h1-35H. The maximum Gasteiger partial charge on any atom is 0.164 e. The second kappa shape index (κ2) is 16.3. The lowest BCUT2D eigenvalue weighted by Gasteiger charge is -2.18. The molecule has 0 amide bonds. The Morgan fingerprint density at radius 3 is 0.950 bits per heavy atom. The average molecular weight is 770 g/mol. The summed E-state index contributed by atoms with van der Waals surface area (Å²) < 4.78 is 0. The van der Waals surface area contributed by atoms with E-state index in [4.69, 9.17) is 29.9 Å². The van der Waals surface area contributed by atoms with Gasteiger partial charge in [0, 0.05) is 51.3 Å². The zero-order chi connectivity index (χ0) is 40.1. The second-order valence-electron chi connectivity index (χ2n) is 14.2. The van der Waals surface area contributed by atoms with Gasteiger partial charge in [-0.2, -0.15) is 0 Å². The van der Waals surface area contributed by atoms with Crippen LogP contribution in [0.15, 0.2) is 213 Å². The van der Waals surface area contributed by atoms with Gasteiger partial charge in [-0.3, -0.25) is 4.98 Å². The number of hydrogen-bond donors (Lipinski definition) is 0. The average Bonchev–Trinajstić information content (AvgIpc) is 3.35. The fourth-order valence-electron chi connectivity index (χ4n) is 7.40. The third-order valence-electron chi connectivity index (χ3n) is 10.3. The molecule has 0 unspecified atom stereocenters. The van der Waals surface area contributed by atoms with E-state index in [1.54, 1.807) is 6.20 Å². The van der Waals surface area contributed by atoms with E-state index in [9.17, 15) is 0 Å². The van der Waals surface area contributed by atoms with Crippen LogP contribution in [0.25, 0.3) is 102 Å². The summed E-state index contributed by atoms with van der Waals surface area (Å²) in [7, 11) is 0. The molecule has 0 bridgehead atoms. The molecule has 10 rings (SSSR count). The van der Waals surface area contributed by atoms with Gasteiger partial charge < -0.3 is 0 Å². The van der Waals surface area contributed by atoms with Gasteiger partial charge in [0.25, 0.3) is 0 Å². The highest BCUT2D eigenvalue weighted by atomic mass is 15.0. The van der Waals surface area contributed by atoms with Crippen molar-refractivity contribution in [1.82, 2.24) is 34.9 Å². The van der Waals surface area contributed by atoms with Gasteiger partial charge in [0.05, 0.1) is 0 Å². The van der Waals surface area contributed by atoms with Crippen molar-refractivity contribution in [3.05, 3.63) is 213 Å². The maximum atomic E-state index is 5.15. The molecule has 0 saturated carbocycles. The molecule has 0 aliphatic heterocycles. The van der Waals surface area contributed by atoms with E-state index >= 15 is 0 Å². The highest BCUT2D eigenvalue weighted by molar-refractivity contribution is 5.96. The Labute approximate surface area is 347 Å². The van der Waals surface area contributed by atoms with Gasteiger partial charge in [-0.05, 0) is 39.9 Å². The Bertz CT molecular complexity index is 2950. The van der Waals surface area contributed by atoms with Crippen molar-refractivity contribution in [2.45, 2.75) is 0 Å². The van der Waals surface area contributed by atoms with E-state index in [1.807, 2.05) is 146 Å². The first kappa shape index (κ1) is 36.1. The van der Waals surface area contributed by atoms with Crippen molar-refractivity contribution < 1.29 is 0 Å². The Kier molecular flexibility index (Phi) is 9.79. The van der Waals surface area contributed by atoms with Gasteiger partial charge in [0.2, 0.25) is 0 Å². The first-order valence-corrected chi connectivity index (χ1v) is 19.7. The van der Waals surface area contributed by atoms with Crippen LogP contribution in [-0.4, -0.2) is 34.9 Å². The molecule has 0 radical (unpaired) electrons. The van der Waals surface area contributed by atoms with Gasteiger partial charge in [0.15, 0.2) is 34.9 Å². The first-order valence-electron chi connectivity index (χ1n) is 19.7. The van der Waals surface area contributed by atoms with E-state index < -0.39 is 0 Å². The quantitative estimate of drug-likeness (QED) is 0.144. The molecule has 3 aromatic heterocycles. The number of nitrogens with zero attached hydrogens (tertiary/aromatic N) is 7. The predicted octanol–water partition coefficient (Wildman–Crippen LogP) is 12.5. The summed E-state index contributed by atoms with van der Waals surface area (Å²) in [4.78, 5) is 35.0. The van der Waals surface area contributed by atoms with E-state index in [1.165, 1.54) is 0 Å². The predicted molar refractivity (Wildman–Crippen MR) is 240 cm³/mol. The molecule has 0 spiro atoms. The summed E-state index contributed by atoms with van der Waals surface area (Å²) >= 11 is 0. The molecule has 0 aliphatic carbocycles. The smallest absolute Gasteiger partial charge is 0.164 e. The molecule has 7 nitrogen and oxygen atoms in total. The van der Waals surface area contributed by atoms with Crippen LogP contribution in [0.2, 0.25) is 0 Å². The molecule has 0 aliphatic rings. The summed E-state index contributed by atoms with van der Waals surface area (Å²) in [6, 6.07) is 67.5. The lowest BCUT2D eigenvalue weighted by molar-refractivity contribution is 1.07. The third-order valence-corrected chi connectivity index (χ3v) is 10.3. The molecule has 7 heteroatoms. The van der Waals surface area contributed by atoms with Gasteiger partial charge >= 0.3 is 0 Å². The van der Waals surface area contributed by atoms with Gasteiger partial charge in [-0.15, -0.1) is 0 Å². The first-order chi connectivity index (χ1) is 29.7. The van der Waals surface area contributed by atoms with Crippen molar-refractivity contribution in [1.29, 1.82) is 0 Å². The highest BCUT2D eigenvalue weighted by Crippen LogP contribution is 2.43. The summed E-state index contributed by atoms with van der Waals surface area (Å²) in [6.45, 7) is 0. The summed E-state index contributed by atoms with van der Waals surface area (Å²) in [5.41, 5.74) is 11.3. The topological polar surface area (TPSA) is 90.2 Å². The van der Waals surface area contributed by atoms with Crippen LogP contribution in [0.1, 0.15) is 0 Å². The minimum absolute atomic E-state index is 0.571. The minimum Gasteiger partial charge on any atom is -0.264 e. The van der Waals surface area contributed by atoms with Crippen LogP contribution < -0.4 is 0 Å². The molecular formula is C53H35N7. The van der Waals surface area contributed by atoms with E-state index in [-0.39, 0.29) is 0 Å². The van der Waals surface area contributed by atoms with Crippen LogP contribution >= 0.6 is 0 Å². The molecule has 3 heterocycles. The monoisotopic (exact) mass is 769 g/mol. The fourth-order valence-corrected chi connectivity index (χ4v) is 7.40. The largest absolute Gasteiger partial charge is 0.264 e. The molecule has 0 fully saturated rings. The van der Waals surface area contributed by atoms with Crippen molar-refractivity contribution in [3.8, 4) is 102 Å². The van der Waals surface area contributed by atoms with E-state index in [2.05, 4.69) is 65.6 Å². The van der Waals surface area contributed by atoms with E-state index in [0.29, 0.717) is 34.9 Å². The zero-order valence-electron chi connectivity index (χ0n) is 32.3. The fraction of sp³-hybridized carbons (Fsp3) is 0. The Balaban J connectivity index is 1.20. The Hall–Kier alpha value is -8.29. The van der Waals surface area contributed by atoms with Crippen molar-refractivity contribution in [2.75, 3.05) is 0 Å². The zero-order valence-corrected chi connectivity index (χ0v) is 32.3. The van der Waals surface area contributed by atoms with Gasteiger partial charge in [0.1, 0.15) is 0 Å². The SMILES string of the molecule is c1ccc(-c2nc(-c3ccccc3)nc(-c3ccccc3-c3ccc(-c4cccnc4)cc3-c3ccccc3-c3nc(-c4ccccc4)nc(-c4ccccc4)n3)n2)cc1. The van der Waals surface area contributed by atoms with Crippen LogP contribution in [-0.2, 0) is 0 Å². The number of hydrogen-bond acceptors (Lipinski definition) is 7. The minimum atomic E-state index is 0.571. The lowest BCUT2D eigenvalue weighted by atomic mass is 9.87. The molecule has 7 aromatic carbocycles. The second-order valence-corrected chi connectivity index (χ2v) is 14.2. The molecule has 282 valence electrons. The van der Waals surface area contributed by atoms with E-state index in [0.717, 1.165) is 66.8 Å². The Morgan fingerprint density at radius 2 is 0.550 bits per heavy atom. The molecule has 60 heavy (non-hydrogen) atoms. The molecule has 10 aromatic rings. The summed E-state index contributed by atoms with van der Waals surface area (Å²) in [5.74, 6) is 3.55. The third kappa shape index (κ3) is 7.35. The summed E-state index contributed by atoms with van der Waals surface area (Å²) in [6.07, 6.45) is 3.69.